The predicted molar refractivity (Wildman–Crippen MR) is 90.8 cm³/mol. The third-order valence-corrected chi connectivity index (χ3v) is 4.06. The number of hydrogen-bond acceptors (Lipinski definition) is 5. The quantitative estimate of drug-likeness (QED) is 0.376. The van der Waals surface area contributed by atoms with E-state index in [1.165, 1.54) is 6.33 Å². The van der Waals surface area contributed by atoms with Crippen LogP contribution >= 0.6 is 11.6 Å². The van der Waals surface area contributed by atoms with E-state index in [0.29, 0.717) is 23.5 Å². The van der Waals surface area contributed by atoms with Crippen molar-refractivity contribution in [2.45, 2.75) is 20.1 Å². The molecular formula is C16H14ClLiN6O. The molecule has 0 spiro atoms. The van der Waals surface area contributed by atoms with E-state index in [0.717, 1.165) is 29.0 Å². The van der Waals surface area contributed by atoms with E-state index < -0.39 is 0 Å². The summed E-state index contributed by atoms with van der Waals surface area (Å²) in [5.41, 5.74) is 4.59. The molecule has 0 bridgehead atoms. The minimum atomic E-state index is 0. The van der Waals surface area contributed by atoms with Gasteiger partial charge in [-0.3, -0.25) is 0 Å². The Morgan fingerprint density at radius 1 is 1.24 bits per heavy atom. The fourth-order valence-electron chi connectivity index (χ4n) is 2.89. The Hall–Kier alpha value is -1.91. The van der Waals surface area contributed by atoms with Crippen molar-refractivity contribution >= 4 is 33.8 Å². The van der Waals surface area contributed by atoms with Crippen LogP contribution in [-0.4, -0.2) is 31.6 Å². The Labute approximate surface area is 161 Å². The molecule has 0 aliphatic rings. The first-order chi connectivity index (χ1) is 11.7. The van der Waals surface area contributed by atoms with Crippen molar-refractivity contribution in [2.24, 2.45) is 0 Å². The van der Waals surface area contributed by atoms with Gasteiger partial charge in [0.25, 0.3) is 0 Å². The molecule has 0 fully saturated rings. The number of ether oxygens (including phenoxy) is 1. The van der Waals surface area contributed by atoms with E-state index in [2.05, 4.69) is 36.4 Å². The molecule has 0 N–H and O–H groups in total. The molecule has 0 aliphatic carbocycles. The topological polar surface area (TPSA) is 79.8 Å². The van der Waals surface area contributed by atoms with Crippen LogP contribution in [0.5, 0.6) is 0 Å². The number of hydrogen-bond donors (Lipinski definition) is 0. The standard InChI is InChI=1S/C16H14ClN6O.Li/c1-3-23-11-5-4-9(6-10(11)20-12(23)7-24-2)13-14-15(19-8-18-14)22-16(17)21-13;/h4-6,8H,3,7H2,1-2H3;/q-1;+1. The van der Waals surface area contributed by atoms with Gasteiger partial charge in [0.1, 0.15) is 12.4 Å². The van der Waals surface area contributed by atoms with Crippen LogP contribution in [0, 0.1) is 0 Å². The zero-order valence-corrected chi connectivity index (χ0v) is 14.9. The summed E-state index contributed by atoms with van der Waals surface area (Å²) in [6, 6.07) is 5.99. The Morgan fingerprint density at radius 3 is 2.84 bits per heavy atom. The fourth-order valence-corrected chi connectivity index (χ4v) is 3.05. The first kappa shape index (κ1) is 17.9. The summed E-state index contributed by atoms with van der Waals surface area (Å²) in [4.78, 5) is 21.4. The molecule has 7 nitrogen and oxygen atoms in total. The summed E-state index contributed by atoms with van der Waals surface area (Å²) in [7, 11) is 1.67. The molecule has 0 saturated carbocycles. The van der Waals surface area contributed by atoms with E-state index in [1.807, 2.05) is 18.2 Å². The third-order valence-electron chi connectivity index (χ3n) is 3.90. The molecule has 4 rings (SSSR count). The minimum Gasteiger partial charge on any atom is -0.377 e. The van der Waals surface area contributed by atoms with Gasteiger partial charge in [0.15, 0.2) is 5.28 Å². The Morgan fingerprint density at radius 2 is 2.08 bits per heavy atom. The van der Waals surface area contributed by atoms with Crippen molar-refractivity contribution in [3.8, 4) is 11.3 Å². The van der Waals surface area contributed by atoms with Gasteiger partial charge in [-0.1, -0.05) is 17.7 Å². The Bertz CT molecular complexity index is 1040. The molecule has 0 atom stereocenters. The molecule has 9 heteroatoms. The SMILES string of the molecule is CCn1c(COC)nc2cc(-c3nc(Cl)nc4[n-]cnc34)ccc21.[Li+]. The second kappa shape index (κ2) is 7.14. The fraction of sp³-hybridized carbons (Fsp3) is 0.250. The second-order valence-electron chi connectivity index (χ2n) is 5.30. The van der Waals surface area contributed by atoms with Gasteiger partial charge in [-0.25, -0.2) is 9.97 Å². The average molecular weight is 349 g/mol. The van der Waals surface area contributed by atoms with Crippen molar-refractivity contribution in [2.75, 3.05) is 7.11 Å². The van der Waals surface area contributed by atoms with Crippen LogP contribution in [0.2, 0.25) is 5.28 Å². The smallest absolute Gasteiger partial charge is 0.377 e. The van der Waals surface area contributed by atoms with Gasteiger partial charge in [-0.05, 0) is 25.4 Å². The van der Waals surface area contributed by atoms with E-state index in [9.17, 15) is 0 Å². The minimum absolute atomic E-state index is 0. The first-order valence-corrected chi connectivity index (χ1v) is 7.88. The van der Waals surface area contributed by atoms with E-state index in [-0.39, 0.29) is 24.1 Å². The van der Waals surface area contributed by atoms with Gasteiger partial charge in [0.05, 0.1) is 16.7 Å². The predicted octanol–water partition coefficient (Wildman–Crippen LogP) is -0.178. The summed E-state index contributed by atoms with van der Waals surface area (Å²) in [6.45, 7) is 3.38. The van der Waals surface area contributed by atoms with Crippen molar-refractivity contribution in [3.05, 3.63) is 35.6 Å². The van der Waals surface area contributed by atoms with Gasteiger partial charge in [-0.15, -0.1) is 0 Å². The van der Waals surface area contributed by atoms with E-state index >= 15 is 0 Å². The average Bonchev–Trinajstić information content (AvgIpc) is 3.17. The second-order valence-corrected chi connectivity index (χ2v) is 5.63. The molecule has 3 heterocycles. The summed E-state index contributed by atoms with van der Waals surface area (Å²) in [6.07, 6.45) is 1.46. The number of benzene rings is 1. The molecule has 0 amide bonds. The number of halogens is 1. The molecule has 0 aliphatic heterocycles. The molecule has 0 radical (unpaired) electrons. The monoisotopic (exact) mass is 348 g/mol. The number of rotatable bonds is 4. The molecule has 0 unspecified atom stereocenters. The number of methoxy groups -OCH3 is 1. The molecule has 4 aromatic rings. The van der Waals surface area contributed by atoms with Crippen molar-refractivity contribution < 1.29 is 23.6 Å². The number of aryl methyl sites for hydroxylation is 1. The van der Waals surface area contributed by atoms with Gasteiger partial charge >= 0.3 is 18.9 Å². The molecule has 1 aromatic carbocycles. The van der Waals surface area contributed by atoms with Gasteiger partial charge in [-0.2, -0.15) is 0 Å². The maximum atomic E-state index is 6.02. The molecule has 3 aromatic heterocycles. The van der Waals surface area contributed by atoms with Crippen LogP contribution in [0.1, 0.15) is 12.7 Å². The summed E-state index contributed by atoms with van der Waals surface area (Å²) >= 11 is 6.02. The molecule has 25 heavy (non-hydrogen) atoms. The van der Waals surface area contributed by atoms with Crippen molar-refractivity contribution in [3.63, 3.8) is 0 Å². The molecular weight excluding hydrogens is 335 g/mol. The van der Waals surface area contributed by atoms with Crippen molar-refractivity contribution in [1.29, 1.82) is 0 Å². The van der Waals surface area contributed by atoms with Crippen LogP contribution in [0.3, 0.4) is 0 Å². The van der Waals surface area contributed by atoms with Gasteiger partial charge < -0.3 is 24.3 Å². The zero-order chi connectivity index (χ0) is 16.7. The maximum absolute atomic E-state index is 6.02. The third kappa shape index (κ3) is 3.05. The van der Waals surface area contributed by atoms with Crippen molar-refractivity contribution in [1.82, 2.24) is 29.5 Å². The number of imidazole rings is 2. The van der Waals surface area contributed by atoms with Crippen LogP contribution in [0.25, 0.3) is 33.5 Å². The van der Waals surface area contributed by atoms with Crippen LogP contribution in [0.4, 0.5) is 0 Å². The van der Waals surface area contributed by atoms with Crippen LogP contribution in [0.15, 0.2) is 24.5 Å². The van der Waals surface area contributed by atoms with Gasteiger partial charge in [0, 0.05) is 30.4 Å². The van der Waals surface area contributed by atoms with Crippen LogP contribution in [-0.2, 0) is 17.9 Å². The molecule has 122 valence electrons. The zero-order valence-electron chi connectivity index (χ0n) is 14.2. The number of nitrogens with zero attached hydrogens (tertiary/aromatic N) is 6. The van der Waals surface area contributed by atoms with Crippen LogP contribution < -0.4 is 23.8 Å². The first-order valence-electron chi connectivity index (χ1n) is 7.50. The number of fused-ring (bicyclic) bond motifs is 2. The van der Waals surface area contributed by atoms with Gasteiger partial charge in [0.2, 0.25) is 0 Å². The molecule has 0 saturated heterocycles. The summed E-state index contributed by atoms with van der Waals surface area (Å²) in [5, 5.41) is 0.150. The normalized spacial score (nSPS) is 11.2. The largest absolute Gasteiger partial charge is 1.00 e. The summed E-state index contributed by atoms with van der Waals surface area (Å²) in [5.74, 6) is 0.895. The maximum Gasteiger partial charge on any atom is 1.00 e. The van der Waals surface area contributed by atoms with E-state index in [1.54, 1.807) is 7.11 Å². The summed E-state index contributed by atoms with van der Waals surface area (Å²) < 4.78 is 7.37. The Balaban J connectivity index is 0.00000182. The Kier molecular flexibility index (Phi) is 5.11. The number of aromatic nitrogens is 6. The van der Waals surface area contributed by atoms with E-state index in [4.69, 9.17) is 16.3 Å².